The summed E-state index contributed by atoms with van der Waals surface area (Å²) < 4.78 is 28.5. The van der Waals surface area contributed by atoms with Gasteiger partial charge in [-0.25, -0.2) is 13.5 Å². The maximum atomic E-state index is 13.7. The van der Waals surface area contributed by atoms with E-state index >= 15 is 0 Å². The number of hydrogen-bond acceptors (Lipinski definition) is 4. The van der Waals surface area contributed by atoms with Gasteiger partial charge in [-0.05, 0) is 43.9 Å². The summed E-state index contributed by atoms with van der Waals surface area (Å²) in [6, 6.07) is 9.06. The van der Waals surface area contributed by atoms with Gasteiger partial charge in [0.1, 0.15) is 0 Å². The highest BCUT2D eigenvalue weighted by atomic mass is 19.2. The van der Waals surface area contributed by atoms with Gasteiger partial charge in [0.25, 0.3) is 11.6 Å². The molecule has 9 heteroatoms. The van der Waals surface area contributed by atoms with E-state index in [0.29, 0.717) is 24.1 Å². The van der Waals surface area contributed by atoms with Crippen molar-refractivity contribution in [2.24, 2.45) is 0 Å². The molecule has 1 N–H and O–H groups in total. The van der Waals surface area contributed by atoms with Crippen LogP contribution in [0.3, 0.4) is 0 Å². The van der Waals surface area contributed by atoms with Gasteiger partial charge in [-0.3, -0.25) is 14.9 Å². The van der Waals surface area contributed by atoms with Gasteiger partial charge in [0.15, 0.2) is 17.3 Å². The zero-order chi connectivity index (χ0) is 21.4. The van der Waals surface area contributed by atoms with Crippen molar-refractivity contribution in [1.82, 2.24) is 15.1 Å². The Morgan fingerprint density at radius 2 is 2.00 bits per heavy atom. The number of non-ortho nitro benzene ring substituents is 1. The highest BCUT2D eigenvalue weighted by Gasteiger charge is 2.28. The van der Waals surface area contributed by atoms with Crippen molar-refractivity contribution in [3.05, 3.63) is 86.7 Å². The van der Waals surface area contributed by atoms with Crippen molar-refractivity contribution in [2.45, 2.75) is 32.2 Å². The van der Waals surface area contributed by atoms with Crippen LogP contribution in [0, 0.1) is 21.7 Å². The summed E-state index contributed by atoms with van der Waals surface area (Å²) in [5.74, 6) is -2.36. The van der Waals surface area contributed by atoms with E-state index in [2.05, 4.69) is 10.4 Å². The molecule has 0 saturated carbocycles. The lowest BCUT2D eigenvalue weighted by Gasteiger charge is -2.13. The van der Waals surface area contributed by atoms with Crippen molar-refractivity contribution in [1.29, 1.82) is 0 Å². The van der Waals surface area contributed by atoms with Gasteiger partial charge >= 0.3 is 0 Å². The number of fused-ring (bicyclic) bond motifs is 1. The van der Waals surface area contributed by atoms with Crippen molar-refractivity contribution >= 4 is 11.6 Å². The molecule has 0 bridgehead atoms. The molecule has 30 heavy (non-hydrogen) atoms. The number of rotatable bonds is 5. The summed E-state index contributed by atoms with van der Waals surface area (Å²) in [5.41, 5.74) is 2.69. The molecule has 1 aromatic heterocycles. The number of carbonyl (C=O) groups is 1. The highest BCUT2D eigenvalue weighted by Crippen LogP contribution is 2.29. The molecule has 1 unspecified atom stereocenters. The van der Waals surface area contributed by atoms with Crippen molar-refractivity contribution in [3.8, 4) is 5.69 Å². The average Bonchev–Trinajstić information content (AvgIpc) is 3.33. The van der Waals surface area contributed by atoms with Gasteiger partial charge in [-0.15, -0.1) is 0 Å². The van der Waals surface area contributed by atoms with Crippen LogP contribution in [-0.2, 0) is 12.8 Å². The van der Waals surface area contributed by atoms with Gasteiger partial charge in [0.05, 0.1) is 16.7 Å². The SMILES string of the molecule is CC(NC(=O)c1nn(-c2ccc(F)c(F)c2)c2c1CCC2)c1cccc([N+](=O)[O-])c1. The number of hydrogen-bond donors (Lipinski definition) is 1. The smallest absolute Gasteiger partial charge is 0.272 e. The van der Waals surface area contributed by atoms with Gasteiger partial charge in [-0.2, -0.15) is 5.10 Å². The normalized spacial score (nSPS) is 13.7. The Labute approximate surface area is 170 Å². The zero-order valence-corrected chi connectivity index (χ0v) is 16.1. The maximum Gasteiger partial charge on any atom is 0.272 e. The molecule has 1 aliphatic carbocycles. The van der Waals surface area contributed by atoms with Crippen LogP contribution in [0.25, 0.3) is 5.69 Å². The van der Waals surface area contributed by atoms with Crippen molar-refractivity contribution in [2.75, 3.05) is 0 Å². The van der Waals surface area contributed by atoms with E-state index in [9.17, 15) is 23.7 Å². The number of nitrogens with one attached hydrogen (secondary N) is 1. The fraction of sp³-hybridized carbons (Fsp3) is 0.238. The van der Waals surface area contributed by atoms with E-state index in [1.165, 1.54) is 22.9 Å². The lowest BCUT2D eigenvalue weighted by atomic mass is 10.1. The first kappa shape index (κ1) is 19.7. The molecule has 1 heterocycles. The second-order valence-electron chi connectivity index (χ2n) is 7.18. The maximum absolute atomic E-state index is 13.7. The number of halogens is 2. The number of carbonyl (C=O) groups excluding carboxylic acids is 1. The molecule has 1 amide bonds. The Kier molecular flexibility index (Phi) is 5.03. The average molecular weight is 412 g/mol. The number of nitro groups is 1. The first-order chi connectivity index (χ1) is 14.3. The molecule has 2 aromatic carbocycles. The molecule has 0 aliphatic heterocycles. The summed E-state index contributed by atoms with van der Waals surface area (Å²) in [5, 5.41) is 18.2. The summed E-state index contributed by atoms with van der Waals surface area (Å²) in [6.07, 6.45) is 2.17. The number of nitro benzene ring substituents is 1. The number of nitrogens with zero attached hydrogens (tertiary/aromatic N) is 3. The van der Waals surface area contributed by atoms with Crippen LogP contribution >= 0.6 is 0 Å². The Morgan fingerprint density at radius 3 is 2.73 bits per heavy atom. The second kappa shape index (κ2) is 7.66. The molecule has 0 radical (unpaired) electrons. The van der Waals surface area contributed by atoms with E-state index in [4.69, 9.17) is 0 Å². The first-order valence-electron chi connectivity index (χ1n) is 9.46. The van der Waals surface area contributed by atoms with Crippen molar-refractivity contribution < 1.29 is 18.5 Å². The third-order valence-electron chi connectivity index (χ3n) is 5.22. The third-order valence-corrected chi connectivity index (χ3v) is 5.22. The molecule has 154 valence electrons. The van der Waals surface area contributed by atoms with Crippen LogP contribution in [0.15, 0.2) is 42.5 Å². The third kappa shape index (κ3) is 3.54. The van der Waals surface area contributed by atoms with Crippen LogP contribution in [0.1, 0.15) is 46.7 Å². The first-order valence-corrected chi connectivity index (χ1v) is 9.46. The van der Waals surface area contributed by atoms with Gasteiger partial charge in [0, 0.05) is 29.5 Å². The van der Waals surface area contributed by atoms with Crippen molar-refractivity contribution in [3.63, 3.8) is 0 Å². The minimum absolute atomic E-state index is 0.0582. The van der Waals surface area contributed by atoms with Crippen LogP contribution < -0.4 is 5.32 Å². The van der Waals surface area contributed by atoms with Crippen LogP contribution in [0.4, 0.5) is 14.5 Å². The molecule has 0 fully saturated rings. The van der Waals surface area contributed by atoms with Crippen LogP contribution in [0.2, 0.25) is 0 Å². The van der Waals surface area contributed by atoms with E-state index in [1.54, 1.807) is 19.1 Å². The molecule has 1 aliphatic rings. The molecule has 0 saturated heterocycles. The van der Waals surface area contributed by atoms with Gasteiger partial charge < -0.3 is 5.32 Å². The minimum Gasteiger partial charge on any atom is -0.344 e. The Morgan fingerprint density at radius 1 is 1.20 bits per heavy atom. The molecule has 7 nitrogen and oxygen atoms in total. The Hall–Kier alpha value is -3.62. The van der Waals surface area contributed by atoms with Crippen LogP contribution in [-0.4, -0.2) is 20.6 Å². The summed E-state index contributed by atoms with van der Waals surface area (Å²) in [6.45, 7) is 1.73. The number of amides is 1. The Balaban J connectivity index is 1.63. The molecule has 1 atom stereocenters. The highest BCUT2D eigenvalue weighted by molar-refractivity contribution is 5.94. The minimum atomic E-state index is -0.986. The standard InChI is InChI=1S/C21H18F2N4O3/c1-12(13-4-2-5-15(10-13)27(29)30)24-21(28)20-16-6-3-7-19(16)26(25-20)14-8-9-17(22)18(23)11-14/h2,4-5,8-12H,3,6-7H2,1H3,(H,24,28). The number of aromatic nitrogens is 2. The monoisotopic (exact) mass is 412 g/mol. The molecule has 3 aromatic rings. The van der Waals surface area contributed by atoms with E-state index < -0.39 is 28.5 Å². The molecular formula is C21H18F2N4O3. The fourth-order valence-electron chi connectivity index (χ4n) is 3.71. The largest absolute Gasteiger partial charge is 0.344 e. The lowest BCUT2D eigenvalue weighted by molar-refractivity contribution is -0.384. The zero-order valence-electron chi connectivity index (χ0n) is 16.1. The summed E-state index contributed by atoms with van der Waals surface area (Å²) in [4.78, 5) is 23.4. The quantitative estimate of drug-likeness (QED) is 0.506. The summed E-state index contributed by atoms with van der Waals surface area (Å²) >= 11 is 0. The van der Waals surface area contributed by atoms with E-state index in [1.807, 2.05) is 0 Å². The topological polar surface area (TPSA) is 90.1 Å². The second-order valence-corrected chi connectivity index (χ2v) is 7.18. The lowest BCUT2D eigenvalue weighted by Crippen LogP contribution is -2.28. The predicted octanol–water partition coefficient (Wildman–Crippen LogP) is 4.04. The summed E-state index contributed by atoms with van der Waals surface area (Å²) in [7, 11) is 0. The molecular weight excluding hydrogens is 394 g/mol. The van der Waals surface area contributed by atoms with Gasteiger partial charge in [-0.1, -0.05) is 12.1 Å². The predicted molar refractivity (Wildman–Crippen MR) is 104 cm³/mol. The molecule has 0 spiro atoms. The van der Waals surface area contributed by atoms with Crippen LogP contribution in [0.5, 0.6) is 0 Å². The fourth-order valence-corrected chi connectivity index (χ4v) is 3.71. The van der Waals surface area contributed by atoms with E-state index in [0.717, 1.165) is 29.8 Å². The van der Waals surface area contributed by atoms with Gasteiger partial charge in [0.2, 0.25) is 0 Å². The van der Waals surface area contributed by atoms with E-state index in [-0.39, 0.29) is 11.4 Å². The number of benzene rings is 2. The Bertz CT molecular complexity index is 1160. The molecule has 4 rings (SSSR count).